The van der Waals surface area contributed by atoms with Crippen molar-refractivity contribution < 1.29 is 9.47 Å². The van der Waals surface area contributed by atoms with Crippen molar-refractivity contribution in [3.63, 3.8) is 0 Å². The van der Waals surface area contributed by atoms with Gasteiger partial charge < -0.3 is 9.47 Å². The lowest BCUT2D eigenvalue weighted by Crippen LogP contribution is -2.56. The van der Waals surface area contributed by atoms with Crippen molar-refractivity contribution in [1.82, 2.24) is 13.9 Å². The number of hydrogen-bond acceptors (Lipinski definition) is 4. The number of rotatable bonds is 23. The number of aromatic nitrogens is 3. The van der Waals surface area contributed by atoms with Gasteiger partial charge >= 0.3 is 11.4 Å². The van der Waals surface area contributed by atoms with Crippen molar-refractivity contribution in [3.05, 3.63) is 123 Å². The molecule has 0 saturated heterocycles. The molecule has 4 aromatic rings. The molecule has 7 heteroatoms. The SMILES string of the molecule is CCCCCCCCCCOC1(OCCCCCCCCCC)C2(c3ccccc3)n3c(=O)n(-c4ccccc4)c(=O)n3C12c1ccccc1. The molecule has 0 amide bonds. The maximum absolute atomic E-state index is 14.6. The molecule has 2 aliphatic rings. The minimum atomic E-state index is -1.26. The molecule has 3 aromatic carbocycles. The van der Waals surface area contributed by atoms with Crippen molar-refractivity contribution in [1.29, 1.82) is 0 Å². The molecule has 0 radical (unpaired) electrons. The van der Waals surface area contributed by atoms with Crippen LogP contribution in [0.5, 0.6) is 0 Å². The van der Waals surface area contributed by atoms with Gasteiger partial charge in [0.05, 0.1) is 18.9 Å². The lowest BCUT2D eigenvalue weighted by atomic mass is 9.91. The third kappa shape index (κ3) is 6.04. The van der Waals surface area contributed by atoms with E-state index < -0.39 is 16.9 Å². The van der Waals surface area contributed by atoms with Crippen LogP contribution in [-0.4, -0.2) is 32.9 Å². The molecule has 0 bridgehead atoms. The van der Waals surface area contributed by atoms with Crippen LogP contribution in [0.25, 0.3) is 5.69 Å². The Labute approximate surface area is 298 Å². The number of nitrogens with zero attached hydrogens (tertiary/aromatic N) is 3. The Morgan fingerprint density at radius 3 is 1.18 bits per heavy atom. The van der Waals surface area contributed by atoms with Crippen molar-refractivity contribution in [3.8, 4) is 5.69 Å². The van der Waals surface area contributed by atoms with E-state index in [-0.39, 0.29) is 11.4 Å². The van der Waals surface area contributed by atoms with Crippen LogP contribution in [0.15, 0.2) is 101 Å². The van der Waals surface area contributed by atoms with Crippen molar-refractivity contribution in [2.45, 2.75) is 133 Å². The van der Waals surface area contributed by atoms with Crippen LogP contribution >= 0.6 is 0 Å². The molecule has 1 fully saturated rings. The zero-order chi connectivity index (χ0) is 34.9. The highest BCUT2D eigenvalue weighted by Gasteiger charge is 3.02. The van der Waals surface area contributed by atoms with E-state index in [9.17, 15) is 9.59 Å². The molecular formula is C43H57N3O4. The average molecular weight is 680 g/mol. The number of hydrogen-bond donors (Lipinski definition) is 0. The van der Waals surface area contributed by atoms with Gasteiger partial charge in [0.15, 0.2) is 11.1 Å². The highest BCUT2D eigenvalue weighted by molar-refractivity contribution is 5.61. The molecule has 6 rings (SSSR count). The van der Waals surface area contributed by atoms with Gasteiger partial charge in [0.1, 0.15) is 0 Å². The van der Waals surface area contributed by atoms with E-state index in [1.54, 1.807) is 9.36 Å². The van der Waals surface area contributed by atoms with E-state index in [0.717, 1.165) is 36.8 Å². The van der Waals surface area contributed by atoms with Crippen LogP contribution in [-0.2, 0) is 20.6 Å². The number of fused-ring (bicyclic) bond motifs is 4. The minimum absolute atomic E-state index is 0.384. The third-order valence-electron chi connectivity index (χ3n) is 11.0. The Morgan fingerprint density at radius 1 is 0.460 bits per heavy atom. The fraction of sp³-hybridized carbons (Fsp3) is 0.535. The maximum Gasteiger partial charge on any atom is 0.353 e. The summed E-state index contributed by atoms with van der Waals surface area (Å²) in [5.74, 6) is -1.26. The van der Waals surface area contributed by atoms with Crippen LogP contribution < -0.4 is 11.4 Å². The summed E-state index contributed by atoms with van der Waals surface area (Å²) in [5, 5.41) is 0. The Kier molecular flexibility index (Phi) is 12.0. The highest BCUT2D eigenvalue weighted by Crippen LogP contribution is 2.80. The largest absolute Gasteiger partial charge is 0.353 e. The van der Waals surface area contributed by atoms with Gasteiger partial charge in [-0.2, -0.15) is 0 Å². The van der Waals surface area contributed by atoms with Gasteiger partial charge in [0.2, 0.25) is 5.79 Å². The van der Waals surface area contributed by atoms with Gasteiger partial charge in [0.25, 0.3) is 0 Å². The molecule has 0 N–H and O–H groups in total. The van der Waals surface area contributed by atoms with Crippen LogP contribution in [0, 0.1) is 0 Å². The van der Waals surface area contributed by atoms with Crippen molar-refractivity contribution >= 4 is 0 Å². The fourth-order valence-corrected chi connectivity index (χ4v) is 8.61. The summed E-state index contributed by atoms with van der Waals surface area (Å²) in [6, 6.07) is 29.4. The van der Waals surface area contributed by atoms with E-state index in [1.807, 2.05) is 66.7 Å². The zero-order valence-corrected chi connectivity index (χ0v) is 30.4. The molecule has 7 nitrogen and oxygen atoms in total. The lowest BCUT2D eigenvalue weighted by molar-refractivity contribution is -0.190. The summed E-state index contributed by atoms with van der Waals surface area (Å²) in [6.45, 7) is 5.48. The second kappa shape index (κ2) is 16.6. The standard InChI is InChI=1S/C43H57N3O4/c1-3-5-7-9-11-13-15-26-34-49-43(50-35-27-16-14-12-10-8-6-4-2)41(36-28-20-17-21-29-36)42(43,37-30-22-18-23-31-37)46-40(48)44(39(47)45(41)46)38-32-24-19-25-33-38/h17-25,28-33H,3-16,26-27,34-35H2,1-2H3. The smallest absolute Gasteiger partial charge is 0.345 e. The summed E-state index contributed by atoms with van der Waals surface area (Å²) in [7, 11) is 0. The predicted molar refractivity (Wildman–Crippen MR) is 201 cm³/mol. The van der Waals surface area contributed by atoms with E-state index in [1.165, 1.54) is 81.6 Å². The molecular weight excluding hydrogens is 622 g/mol. The molecule has 2 atom stereocenters. The summed E-state index contributed by atoms with van der Waals surface area (Å²) in [4.78, 5) is 29.2. The third-order valence-corrected chi connectivity index (χ3v) is 11.0. The first-order chi connectivity index (χ1) is 24.6. The molecule has 1 aliphatic carbocycles. The van der Waals surface area contributed by atoms with E-state index in [4.69, 9.17) is 9.47 Å². The Balaban J connectivity index is 1.37. The number of benzene rings is 3. The molecule has 268 valence electrons. The summed E-state index contributed by atoms with van der Waals surface area (Å²) < 4.78 is 18.8. The number of ether oxygens (including phenoxy) is 2. The topological polar surface area (TPSA) is 67.4 Å². The zero-order valence-electron chi connectivity index (χ0n) is 30.4. The second-order valence-electron chi connectivity index (χ2n) is 14.3. The summed E-state index contributed by atoms with van der Waals surface area (Å²) in [6.07, 6.45) is 19.0. The molecule has 50 heavy (non-hydrogen) atoms. The lowest BCUT2D eigenvalue weighted by Gasteiger charge is -2.36. The monoisotopic (exact) mass is 679 g/mol. The van der Waals surface area contributed by atoms with Crippen LogP contribution in [0.1, 0.15) is 128 Å². The predicted octanol–water partition coefficient (Wildman–Crippen LogP) is 9.33. The normalized spacial score (nSPS) is 19.9. The maximum atomic E-state index is 14.6. The van der Waals surface area contributed by atoms with Gasteiger partial charge in [-0.25, -0.2) is 23.5 Å². The first kappa shape index (κ1) is 36.1. The van der Waals surface area contributed by atoms with Crippen LogP contribution in [0.3, 0.4) is 0 Å². The first-order valence-corrected chi connectivity index (χ1v) is 19.6. The van der Waals surface area contributed by atoms with E-state index in [0.29, 0.717) is 18.9 Å². The quantitative estimate of drug-likeness (QED) is 0.0579. The average Bonchev–Trinajstić information content (AvgIpc) is 3.46. The van der Waals surface area contributed by atoms with Gasteiger partial charge in [-0.15, -0.1) is 0 Å². The highest BCUT2D eigenvalue weighted by atomic mass is 16.7. The van der Waals surface area contributed by atoms with Gasteiger partial charge in [-0.1, -0.05) is 183 Å². The Hall–Kier alpha value is -3.68. The number of unbranched alkanes of at least 4 members (excludes halogenated alkanes) is 14. The van der Waals surface area contributed by atoms with Crippen molar-refractivity contribution in [2.75, 3.05) is 13.2 Å². The summed E-state index contributed by atoms with van der Waals surface area (Å²) in [5.41, 5.74) is -0.521. The van der Waals surface area contributed by atoms with Crippen LogP contribution in [0.4, 0.5) is 0 Å². The first-order valence-electron chi connectivity index (χ1n) is 19.6. The molecule has 1 aromatic heterocycles. The molecule has 2 unspecified atom stereocenters. The second-order valence-corrected chi connectivity index (χ2v) is 14.3. The Morgan fingerprint density at radius 2 is 0.800 bits per heavy atom. The summed E-state index contributed by atoms with van der Waals surface area (Å²) >= 11 is 0. The molecule has 0 spiro atoms. The Bertz CT molecular complexity index is 1640. The molecule has 2 heterocycles. The fourth-order valence-electron chi connectivity index (χ4n) is 8.61. The van der Waals surface area contributed by atoms with Gasteiger partial charge in [-0.05, 0) is 36.1 Å². The molecule has 1 aliphatic heterocycles. The van der Waals surface area contributed by atoms with E-state index in [2.05, 4.69) is 38.1 Å². The van der Waals surface area contributed by atoms with Crippen molar-refractivity contribution in [2.24, 2.45) is 0 Å². The van der Waals surface area contributed by atoms with Gasteiger partial charge in [-0.3, -0.25) is 0 Å². The van der Waals surface area contributed by atoms with Gasteiger partial charge in [0, 0.05) is 0 Å². The number of para-hydroxylation sites is 1. The minimum Gasteiger partial charge on any atom is -0.345 e. The van der Waals surface area contributed by atoms with Crippen LogP contribution in [0.2, 0.25) is 0 Å². The molecule has 1 saturated carbocycles. The van der Waals surface area contributed by atoms with E-state index >= 15 is 0 Å².